The Morgan fingerprint density at radius 1 is 1.40 bits per heavy atom. The number of hydrogen-bond acceptors (Lipinski definition) is 1. The summed E-state index contributed by atoms with van der Waals surface area (Å²) in [5.41, 5.74) is 1.19. The molecule has 0 amide bonds. The topological polar surface area (TPSA) is 12.0 Å². The highest BCUT2D eigenvalue weighted by Gasteiger charge is 2.14. The minimum Gasteiger partial charge on any atom is -0.313 e. The van der Waals surface area contributed by atoms with Crippen molar-refractivity contribution in [3.63, 3.8) is 0 Å². The van der Waals surface area contributed by atoms with E-state index in [1.807, 2.05) is 13.1 Å². The molecule has 1 atom stereocenters. The van der Waals surface area contributed by atoms with Crippen LogP contribution in [0.25, 0.3) is 0 Å². The number of benzene rings is 1. The van der Waals surface area contributed by atoms with Crippen LogP contribution < -0.4 is 5.32 Å². The number of nitrogens with one attached hydrogen (secondary N) is 1. The van der Waals surface area contributed by atoms with Crippen LogP contribution in [-0.4, -0.2) is 7.05 Å². The van der Waals surface area contributed by atoms with Crippen molar-refractivity contribution in [1.29, 1.82) is 0 Å². The zero-order valence-corrected chi connectivity index (χ0v) is 11.5. The summed E-state index contributed by atoms with van der Waals surface area (Å²) >= 11 is 2.19. The molecule has 84 valence electrons. The molecule has 1 N–H and O–H groups in total. The minimum atomic E-state index is -0.164. The van der Waals surface area contributed by atoms with Crippen LogP contribution in [0.2, 0.25) is 0 Å². The molecule has 0 aliphatic carbocycles. The Morgan fingerprint density at radius 3 is 2.53 bits per heavy atom. The monoisotopic (exact) mass is 321 g/mol. The van der Waals surface area contributed by atoms with Gasteiger partial charge in [0.05, 0.1) is 0 Å². The second kappa shape index (κ2) is 5.80. The predicted octanol–water partition coefficient (Wildman–Crippen LogP) is 3.74. The van der Waals surface area contributed by atoms with E-state index >= 15 is 0 Å². The second-order valence-corrected chi connectivity index (χ2v) is 5.30. The average Bonchev–Trinajstić information content (AvgIpc) is 2.14. The Balaban J connectivity index is 2.91. The second-order valence-electron chi connectivity index (χ2n) is 4.14. The van der Waals surface area contributed by atoms with E-state index in [4.69, 9.17) is 0 Å². The molecule has 0 aromatic heterocycles. The highest BCUT2D eigenvalue weighted by atomic mass is 127. The van der Waals surface area contributed by atoms with Gasteiger partial charge in [-0.05, 0) is 59.7 Å². The average molecular weight is 321 g/mol. The van der Waals surface area contributed by atoms with Crippen LogP contribution in [-0.2, 0) is 0 Å². The molecular weight excluding hydrogens is 304 g/mol. The Kier molecular flexibility index (Phi) is 4.99. The molecule has 1 nitrogen and oxygen atoms in total. The van der Waals surface area contributed by atoms with E-state index in [1.165, 1.54) is 11.6 Å². The van der Waals surface area contributed by atoms with Crippen molar-refractivity contribution < 1.29 is 4.39 Å². The first-order valence-corrected chi connectivity index (χ1v) is 6.24. The van der Waals surface area contributed by atoms with Crippen molar-refractivity contribution in [1.82, 2.24) is 5.32 Å². The van der Waals surface area contributed by atoms with E-state index in [0.717, 1.165) is 9.99 Å². The summed E-state index contributed by atoms with van der Waals surface area (Å²) in [4.78, 5) is 0. The lowest BCUT2D eigenvalue weighted by molar-refractivity contribution is 0.454. The molecule has 1 rings (SSSR count). The van der Waals surface area contributed by atoms with Gasteiger partial charge in [0, 0.05) is 9.61 Å². The fraction of sp³-hybridized carbons (Fsp3) is 0.500. The van der Waals surface area contributed by atoms with Gasteiger partial charge in [0.25, 0.3) is 0 Å². The standard InChI is InChI=1S/C12H17FIN/c1-8(2)6-12(15-3)10-5-4-9(13)7-11(10)14/h4-5,7-8,12,15H,6H2,1-3H3. The molecule has 0 spiro atoms. The van der Waals surface area contributed by atoms with E-state index in [9.17, 15) is 4.39 Å². The van der Waals surface area contributed by atoms with Gasteiger partial charge in [0.15, 0.2) is 0 Å². The lowest BCUT2D eigenvalue weighted by Crippen LogP contribution is -2.19. The van der Waals surface area contributed by atoms with Crippen molar-refractivity contribution in [2.24, 2.45) is 5.92 Å². The van der Waals surface area contributed by atoms with Gasteiger partial charge in [0.1, 0.15) is 5.82 Å². The Hall–Kier alpha value is -0.160. The van der Waals surface area contributed by atoms with Crippen molar-refractivity contribution >= 4 is 22.6 Å². The van der Waals surface area contributed by atoms with Crippen LogP contribution in [0.1, 0.15) is 31.9 Å². The Labute approximate surface area is 105 Å². The molecule has 0 fully saturated rings. The van der Waals surface area contributed by atoms with Gasteiger partial charge in [0.2, 0.25) is 0 Å². The smallest absolute Gasteiger partial charge is 0.124 e. The van der Waals surface area contributed by atoms with Gasteiger partial charge >= 0.3 is 0 Å². The van der Waals surface area contributed by atoms with Crippen LogP contribution in [0.5, 0.6) is 0 Å². The van der Waals surface area contributed by atoms with E-state index in [1.54, 1.807) is 6.07 Å². The summed E-state index contributed by atoms with van der Waals surface area (Å²) in [7, 11) is 1.95. The highest BCUT2D eigenvalue weighted by Crippen LogP contribution is 2.25. The van der Waals surface area contributed by atoms with Crippen LogP contribution in [0, 0.1) is 15.3 Å². The zero-order valence-electron chi connectivity index (χ0n) is 9.35. The van der Waals surface area contributed by atoms with Crippen molar-refractivity contribution in [2.45, 2.75) is 26.3 Å². The van der Waals surface area contributed by atoms with Gasteiger partial charge in [-0.25, -0.2) is 4.39 Å². The van der Waals surface area contributed by atoms with E-state index in [-0.39, 0.29) is 5.82 Å². The molecular formula is C12H17FIN. The van der Waals surface area contributed by atoms with Gasteiger partial charge in [-0.1, -0.05) is 19.9 Å². The quantitative estimate of drug-likeness (QED) is 0.833. The minimum absolute atomic E-state index is 0.164. The van der Waals surface area contributed by atoms with Crippen LogP contribution >= 0.6 is 22.6 Å². The van der Waals surface area contributed by atoms with E-state index in [2.05, 4.69) is 41.8 Å². The number of halogens is 2. The first-order chi connectivity index (χ1) is 7.04. The summed E-state index contributed by atoms with van der Waals surface area (Å²) in [6.45, 7) is 4.39. The highest BCUT2D eigenvalue weighted by molar-refractivity contribution is 14.1. The Morgan fingerprint density at radius 2 is 2.07 bits per heavy atom. The molecule has 3 heteroatoms. The van der Waals surface area contributed by atoms with Gasteiger partial charge < -0.3 is 5.32 Å². The normalized spacial score (nSPS) is 13.2. The first-order valence-electron chi connectivity index (χ1n) is 5.16. The third-order valence-corrected chi connectivity index (χ3v) is 3.33. The summed E-state index contributed by atoms with van der Waals surface area (Å²) < 4.78 is 13.9. The maximum Gasteiger partial charge on any atom is 0.124 e. The molecule has 1 unspecified atom stereocenters. The van der Waals surface area contributed by atoms with Crippen LogP contribution in [0.4, 0.5) is 4.39 Å². The van der Waals surface area contributed by atoms with Gasteiger partial charge in [-0.15, -0.1) is 0 Å². The zero-order chi connectivity index (χ0) is 11.4. The van der Waals surface area contributed by atoms with Crippen molar-refractivity contribution in [2.75, 3.05) is 7.05 Å². The van der Waals surface area contributed by atoms with E-state index in [0.29, 0.717) is 12.0 Å². The third kappa shape index (κ3) is 3.72. The number of hydrogen-bond donors (Lipinski definition) is 1. The van der Waals surface area contributed by atoms with Gasteiger partial charge in [-0.2, -0.15) is 0 Å². The predicted molar refractivity (Wildman–Crippen MR) is 70.4 cm³/mol. The summed E-state index contributed by atoms with van der Waals surface area (Å²) in [6, 6.07) is 5.31. The largest absolute Gasteiger partial charge is 0.313 e. The third-order valence-electron chi connectivity index (χ3n) is 2.39. The van der Waals surface area contributed by atoms with Gasteiger partial charge in [-0.3, -0.25) is 0 Å². The van der Waals surface area contributed by atoms with Crippen molar-refractivity contribution in [3.8, 4) is 0 Å². The maximum absolute atomic E-state index is 13.0. The molecule has 0 saturated carbocycles. The molecule has 1 aromatic rings. The summed E-state index contributed by atoms with van der Waals surface area (Å²) in [6.07, 6.45) is 1.07. The molecule has 0 heterocycles. The molecule has 0 radical (unpaired) electrons. The van der Waals surface area contributed by atoms with Crippen molar-refractivity contribution in [3.05, 3.63) is 33.1 Å². The van der Waals surface area contributed by atoms with E-state index < -0.39 is 0 Å². The summed E-state index contributed by atoms with van der Waals surface area (Å²) in [5, 5.41) is 3.28. The van der Waals surface area contributed by atoms with Crippen LogP contribution in [0.3, 0.4) is 0 Å². The first kappa shape index (κ1) is 12.9. The molecule has 0 saturated heterocycles. The molecule has 15 heavy (non-hydrogen) atoms. The lowest BCUT2D eigenvalue weighted by atomic mass is 9.97. The molecule has 1 aromatic carbocycles. The molecule has 0 aliphatic rings. The summed E-state index contributed by atoms with van der Waals surface area (Å²) in [5.74, 6) is 0.464. The fourth-order valence-electron chi connectivity index (χ4n) is 1.66. The van der Waals surface area contributed by atoms with Crippen LogP contribution in [0.15, 0.2) is 18.2 Å². The Bertz CT molecular complexity index is 325. The SMILES string of the molecule is CNC(CC(C)C)c1ccc(F)cc1I. The maximum atomic E-state index is 13.0. The molecule has 0 bridgehead atoms. The number of rotatable bonds is 4. The molecule has 0 aliphatic heterocycles. The fourth-order valence-corrected chi connectivity index (χ4v) is 2.51. The lowest BCUT2D eigenvalue weighted by Gasteiger charge is -2.20.